The summed E-state index contributed by atoms with van der Waals surface area (Å²) in [5.41, 5.74) is 4.68. The Morgan fingerprint density at radius 3 is 2.47 bits per heavy atom. The molecule has 0 aliphatic rings. The van der Waals surface area contributed by atoms with Crippen LogP contribution in [0.1, 0.15) is 16.7 Å². The lowest BCUT2D eigenvalue weighted by Gasteiger charge is -2.12. The molecule has 2 rings (SSSR count). The molecule has 0 saturated carbocycles. The van der Waals surface area contributed by atoms with Crippen LogP contribution in [-0.4, -0.2) is 7.11 Å². The van der Waals surface area contributed by atoms with Crippen molar-refractivity contribution in [2.75, 3.05) is 7.11 Å². The molecule has 1 nitrogen and oxygen atoms in total. The maximum atomic E-state index is 14.2. The van der Waals surface area contributed by atoms with E-state index in [9.17, 15) is 4.39 Å². The van der Waals surface area contributed by atoms with Crippen molar-refractivity contribution in [2.24, 2.45) is 0 Å². The highest BCUT2D eigenvalue weighted by atomic mass is 31.0. The zero-order valence-corrected chi connectivity index (χ0v) is 12.4. The minimum atomic E-state index is -0.179. The molecule has 19 heavy (non-hydrogen) atoms. The van der Waals surface area contributed by atoms with Crippen molar-refractivity contribution in [3.63, 3.8) is 0 Å². The summed E-state index contributed by atoms with van der Waals surface area (Å²) in [6, 6.07) is 11.4. The van der Waals surface area contributed by atoms with E-state index in [4.69, 9.17) is 4.74 Å². The molecule has 2 aromatic rings. The third kappa shape index (κ3) is 3.20. The highest BCUT2D eigenvalue weighted by Gasteiger charge is 2.10. The molecular formula is C16H18FOP. The lowest BCUT2D eigenvalue weighted by molar-refractivity contribution is 0.185. The predicted octanol–water partition coefficient (Wildman–Crippen LogP) is 4.32. The Kier molecular flexibility index (Phi) is 4.68. The van der Waals surface area contributed by atoms with E-state index in [0.29, 0.717) is 12.2 Å². The first-order chi connectivity index (χ1) is 9.15. The number of halogens is 1. The summed E-state index contributed by atoms with van der Waals surface area (Å²) in [6.07, 6.45) is 0.760. The fourth-order valence-electron chi connectivity index (χ4n) is 2.16. The summed E-state index contributed by atoms with van der Waals surface area (Å²) >= 11 is 0. The Labute approximate surface area is 116 Å². The van der Waals surface area contributed by atoms with Crippen LogP contribution < -0.4 is 0 Å². The quantitative estimate of drug-likeness (QED) is 0.755. The van der Waals surface area contributed by atoms with Gasteiger partial charge in [-0.2, -0.15) is 0 Å². The summed E-state index contributed by atoms with van der Waals surface area (Å²) in [5.74, 6) is -0.179. The van der Waals surface area contributed by atoms with Crippen LogP contribution in [0.2, 0.25) is 0 Å². The molecule has 3 heteroatoms. The second-order valence-electron chi connectivity index (χ2n) is 4.61. The summed E-state index contributed by atoms with van der Waals surface area (Å²) < 4.78 is 19.4. The van der Waals surface area contributed by atoms with Gasteiger partial charge in [-0.05, 0) is 35.8 Å². The molecule has 0 aromatic heterocycles. The highest BCUT2D eigenvalue weighted by molar-refractivity contribution is 7.15. The molecule has 0 aliphatic heterocycles. The second kappa shape index (κ2) is 6.27. The van der Waals surface area contributed by atoms with Crippen molar-refractivity contribution < 1.29 is 9.13 Å². The van der Waals surface area contributed by atoms with Gasteiger partial charge in [0.1, 0.15) is 5.82 Å². The molecule has 0 spiro atoms. The number of rotatable bonds is 4. The van der Waals surface area contributed by atoms with Crippen LogP contribution >= 0.6 is 9.24 Å². The molecule has 0 saturated heterocycles. The third-order valence-corrected chi connectivity index (χ3v) is 3.59. The maximum absolute atomic E-state index is 14.2. The molecule has 0 N–H and O–H groups in total. The van der Waals surface area contributed by atoms with Crippen LogP contribution in [0.5, 0.6) is 0 Å². The highest BCUT2D eigenvalue weighted by Crippen LogP contribution is 2.28. The van der Waals surface area contributed by atoms with Gasteiger partial charge in [-0.25, -0.2) is 4.39 Å². The standard InChI is InChI=1S/C16H18FOP/c1-11-3-5-14(13(7-11)9-18-2)15-6-4-12(10-19)8-16(15)17/h3-8H,9-10,19H2,1-2H3. The van der Waals surface area contributed by atoms with Crippen molar-refractivity contribution in [2.45, 2.75) is 19.7 Å². The van der Waals surface area contributed by atoms with Crippen molar-refractivity contribution >= 4 is 9.24 Å². The van der Waals surface area contributed by atoms with Crippen LogP contribution in [0.3, 0.4) is 0 Å². The molecule has 0 fully saturated rings. The van der Waals surface area contributed by atoms with E-state index >= 15 is 0 Å². The van der Waals surface area contributed by atoms with Gasteiger partial charge in [0.15, 0.2) is 0 Å². The van der Waals surface area contributed by atoms with Gasteiger partial charge in [-0.15, -0.1) is 9.24 Å². The fourth-order valence-corrected chi connectivity index (χ4v) is 2.42. The number of methoxy groups -OCH3 is 1. The molecule has 0 bridgehead atoms. The van der Waals surface area contributed by atoms with E-state index in [1.54, 1.807) is 13.2 Å². The fraction of sp³-hybridized carbons (Fsp3) is 0.250. The van der Waals surface area contributed by atoms with Crippen LogP contribution in [0.15, 0.2) is 36.4 Å². The van der Waals surface area contributed by atoms with E-state index < -0.39 is 0 Å². The van der Waals surface area contributed by atoms with Crippen molar-refractivity contribution in [1.82, 2.24) is 0 Å². The SMILES string of the molecule is COCc1cc(C)ccc1-c1ccc(CP)cc1F. The van der Waals surface area contributed by atoms with Gasteiger partial charge in [-0.1, -0.05) is 35.9 Å². The summed E-state index contributed by atoms with van der Waals surface area (Å²) in [5, 5.41) is 0. The van der Waals surface area contributed by atoms with Crippen LogP contribution in [-0.2, 0) is 17.5 Å². The monoisotopic (exact) mass is 276 g/mol. The van der Waals surface area contributed by atoms with Crippen LogP contribution in [0, 0.1) is 12.7 Å². The van der Waals surface area contributed by atoms with Gasteiger partial charge in [0, 0.05) is 12.7 Å². The normalized spacial score (nSPS) is 10.7. The van der Waals surface area contributed by atoms with Gasteiger partial charge in [0.2, 0.25) is 0 Å². The first-order valence-corrected chi connectivity index (χ1v) is 7.04. The van der Waals surface area contributed by atoms with Gasteiger partial charge in [0.05, 0.1) is 6.61 Å². The van der Waals surface area contributed by atoms with Crippen molar-refractivity contribution in [3.05, 3.63) is 58.9 Å². The molecule has 0 aliphatic carbocycles. The van der Waals surface area contributed by atoms with Crippen molar-refractivity contribution in [1.29, 1.82) is 0 Å². The zero-order valence-electron chi connectivity index (χ0n) is 11.2. The van der Waals surface area contributed by atoms with E-state index in [0.717, 1.165) is 28.4 Å². The topological polar surface area (TPSA) is 9.23 Å². The minimum Gasteiger partial charge on any atom is -0.380 e. The molecule has 0 radical (unpaired) electrons. The lowest BCUT2D eigenvalue weighted by atomic mass is 9.97. The van der Waals surface area contributed by atoms with Crippen molar-refractivity contribution in [3.8, 4) is 11.1 Å². The summed E-state index contributed by atoms with van der Waals surface area (Å²) in [4.78, 5) is 0. The number of benzene rings is 2. The zero-order chi connectivity index (χ0) is 13.8. The second-order valence-corrected chi connectivity index (χ2v) is 5.02. The van der Waals surface area contributed by atoms with Crippen LogP contribution in [0.4, 0.5) is 4.39 Å². The Morgan fingerprint density at radius 2 is 1.84 bits per heavy atom. The van der Waals surface area contributed by atoms with E-state index in [1.807, 2.05) is 37.3 Å². The Hall–Kier alpha value is -1.24. The van der Waals surface area contributed by atoms with Gasteiger partial charge >= 0.3 is 0 Å². The van der Waals surface area contributed by atoms with E-state index in [-0.39, 0.29) is 5.82 Å². The van der Waals surface area contributed by atoms with E-state index in [1.165, 1.54) is 0 Å². The van der Waals surface area contributed by atoms with E-state index in [2.05, 4.69) is 9.24 Å². The number of hydrogen-bond acceptors (Lipinski definition) is 1. The Morgan fingerprint density at radius 1 is 1.11 bits per heavy atom. The summed E-state index contributed by atoms with van der Waals surface area (Å²) in [6.45, 7) is 2.51. The van der Waals surface area contributed by atoms with Gasteiger partial charge in [-0.3, -0.25) is 0 Å². The molecule has 0 heterocycles. The Balaban J connectivity index is 2.51. The van der Waals surface area contributed by atoms with Gasteiger partial charge < -0.3 is 4.74 Å². The summed E-state index contributed by atoms with van der Waals surface area (Å²) in [7, 11) is 4.26. The smallest absolute Gasteiger partial charge is 0.131 e. The minimum absolute atomic E-state index is 0.179. The molecular weight excluding hydrogens is 258 g/mol. The average Bonchev–Trinajstić information content (AvgIpc) is 2.40. The Bertz CT molecular complexity index is 581. The lowest BCUT2D eigenvalue weighted by Crippen LogP contribution is -1.95. The number of hydrogen-bond donors (Lipinski definition) is 0. The maximum Gasteiger partial charge on any atom is 0.131 e. The van der Waals surface area contributed by atoms with Gasteiger partial charge in [0.25, 0.3) is 0 Å². The first-order valence-electron chi connectivity index (χ1n) is 6.23. The average molecular weight is 276 g/mol. The first kappa shape index (κ1) is 14.2. The third-order valence-electron chi connectivity index (χ3n) is 3.12. The number of aryl methyl sites for hydroxylation is 1. The molecule has 1 unspecified atom stereocenters. The molecule has 0 amide bonds. The number of ether oxygens (including phenoxy) is 1. The van der Waals surface area contributed by atoms with Crippen LogP contribution in [0.25, 0.3) is 11.1 Å². The molecule has 1 atom stereocenters. The largest absolute Gasteiger partial charge is 0.380 e. The molecule has 2 aromatic carbocycles. The predicted molar refractivity (Wildman–Crippen MR) is 80.7 cm³/mol. The molecule has 100 valence electrons.